The van der Waals surface area contributed by atoms with E-state index in [0.29, 0.717) is 0 Å². The molecule has 1 aliphatic heterocycles. The molecule has 0 spiro atoms. The van der Waals surface area contributed by atoms with Crippen LogP contribution in [0.4, 0.5) is 0 Å². The number of carbonyl (C=O) groups excluding carboxylic acids is 1. The zero-order valence-corrected chi connectivity index (χ0v) is 21.3. The van der Waals surface area contributed by atoms with Gasteiger partial charge in [-0.3, -0.25) is 9.78 Å². The number of sulfonamides is 1. The normalized spacial score (nSPS) is 19.2. The molecule has 0 unspecified atom stereocenters. The second-order valence-corrected chi connectivity index (χ2v) is 11.1. The zero-order valence-electron chi connectivity index (χ0n) is 20.5. The van der Waals surface area contributed by atoms with E-state index in [0.717, 1.165) is 11.1 Å². The first-order valence-corrected chi connectivity index (χ1v) is 13.2. The smallest absolute Gasteiger partial charge is 0.259 e. The van der Waals surface area contributed by atoms with E-state index >= 15 is 0 Å². The minimum atomic E-state index is -3.74. The quantitative estimate of drug-likeness (QED) is 0.520. The van der Waals surface area contributed by atoms with Crippen LogP contribution in [0.3, 0.4) is 0 Å². The van der Waals surface area contributed by atoms with Gasteiger partial charge >= 0.3 is 0 Å². The van der Waals surface area contributed by atoms with E-state index in [1.165, 1.54) is 11.4 Å². The van der Waals surface area contributed by atoms with Gasteiger partial charge in [-0.05, 0) is 42.8 Å². The fraction of sp³-hybridized carbons (Fsp3) is 0.346. The number of likely N-dealkylation sites (N-methyl/N-ethyl adjacent to an activating group) is 1. The van der Waals surface area contributed by atoms with E-state index in [-0.39, 0.29) is 47.9 Å². The molecule has 0 saturated carbocycles. The Kier molecular flexibility index (Phi) is 7.67. The van der Waals surface area contributed by atoms with E-state index in [1.807, 2.05) is 19.1 Å². The lowest BCUT2D eigenvalue weighted by atomic mass is 9.99. The van der Waals surface area contributed by atoms with Gasteiger partial charge in [0, 0.05) is 43.7 Å². The Bertz CT molecular complexity index is 1300. The number of amides is 1. The molecule has 1 aliphatic rings. The highest BCUT2D eigenvalue weighted by atomic mass is 32.2. The number of ether oxygens (including phenoxy) is 1. The van der Waals surface area contributed by atoms with Crippen molar-refractivity contribution in [2.45, 2.75) is 30.9 Å². The first-order chi connectivity index (χ1) is 17.2. The number of pyridine rings is 2. The number of fused-ring (bicyclic) bond motifs is 1. The van der Waals surface area contributed by atoms with Crippen molar-refractivity contribution >= 4 is 15.9 Å². The first-order valence-electron chi connectivity index (χ1n) is 11.7. The fourth-order valence-electron chi connectivity index (χ4n) is 4.15. The molecule has 9 nitrogen and oxygen atoms in total. The summed E-state index contributed by atoms with van der Waals surface area (Å²) in [6, 6.07) is 13.1. The Balaban J connectivity index is 1.71. The van der Waals surface area contributed by atoms with E-state index < -0.39 is 22.2 Å². The Hall–Kier alpha value is -3.34. The topological polar surface area (TPSA) is 113 Å². The summed E-state index contributed by atoms with van der Waals surface area (Å²) in [6.07, 6.45) is 4.35. The van der Waals surface area contributed by atoms with Gasteiger partial charge in [0.2, 0.25) is 15.9 Å². The Morgan fingerprint density at radius 3 is 2.53 bits per heavy atom. The largest absolute Gasteiger partial charge is 0.472 e. The van der Waals surface area contributed by atoms with Gasteiger partial charge in [-0.2, -0.15) is 4.31 Å². The maximum Gasteiger partial charge on any atom is 0.259 e. The number of hydrogen-bond acceptors (Lipinski definition) is 7. The Labute approximate surface area is 211 Å². The van der Waals surface area contributed by atoms with Crippen LogP contribution < -0.4 is 4.74 Å². The highest BCUT2D eigenvalue weighted by Gasteiger charge is 2.36. The van der Waals surface area contributed by atoms with E-state index in [1.54, 1.807) is 66.8 Å². The minimum absolute atomic E-state index is 0.0567. The third-order valence-electron chi connectivity index (χ3n) is 6.42. The number of rotatable bonds is 7. The SMILES string of the molecule is C[C@@H]1CN([C@H](C)CO)C(=O)c2cc(-c3ccncc3)cnc2O[C@@H]1CN(C)S(=O)(=O)c1ccccc1. The highest BCUT2D eigenvalue weighted by molar-refractivity contribution is 7.89. The predicted molar refractivity (Wildman–Crippen MR) is 135 cm³/mol. The van der Waals surface area contributed by atoms with E-state index in [4.69, 9.17) is 4.74 Å². The summed E-state index contributed by atoms with van der Waals surface area (Å²) in [4.78, 5) is 23.9. The van der Waals surface area contributed by atoms with Gasteiger partial charge in [0.25, 0.3) is 5.91 Å². The molecule has 36 heavy (non-hydrogen) atoms. The summed E-state index contributed by atoms with van der Waals surface area (Å²) in [5.74, 6) is -0.410. The van der Waals surface area contributed by atoms with Crippen molar-refractivity contribution in [3.63, 3.8) is 0 Å². The fourth-order valence-corrected chi connectivity index (χ4v) is 5.35. The summed E-state index contributed by atoms with van der Waals surface area (Å²) in [7, 11) is -2.23. The van der Waals surface area contributed by atoms with Gasteiger partial charge in [0.15, 0.2) is 0 Å². The maximum atomic E-state index is 13.6. The molecule has 3 aromatic rings. The second-order valence-electron chi connectivity index (χ2n) is 9.03. The Morgan fingerprint density at radius 2 is 1.86 bits per heavy atom. The highest BCUT2D eigenvalue weighted by Crippen LogP contribution is 2.30. The predicted octanol–water partition coefficient (Wildman–Crippen LogP) is 2.68. The van der Waals surface area contributed by atoms with Crippen LogP contribution >= 0.6 is 0 Å². The summed E-state index contributed by atoms with van der Waals surface area (Å²) >= 11 is 0. The van der Waals surface area contributed by atoms with Gasteiger partial charge in [-0.15, -0.1) is 0 Å². The molecule has 0 fully saturated rings. The molecule has 4 rings (SSSR count). The monoisotopic (exact) mass is 510 g/mol. The zero-order chi connectivity index (χ0) is 25.9. The average molecular weight is 511 g/mol. The third-order valence-corrected chi connectivity index (χ3v) is 8.26. The van der Waals surface area contributed by atoms with Crippen molar-refractivity contribution in [1.29, 1.82) is 0 Å². The summed E-state index contributed by atoms with van der Waals surface area (Å²) in [6.45, 7) is 3.80. The Morgan fingerprint density at radius 1 is 1.17 bits per heavy atom. The molecule has 3 heterocycles. The van der Waals surface area contributed by atoms with E-state index in [2.05, 4.69) is 9.97 Å². The van der Waals surface area contributed by atoms with Gasteiger partial charge < -0.3 is 14.7 Å². The number of hydrogen-bond donors (Lipinski definition) is 1. The van der Waals surface area contributed by atoms with Crippen LogP contribution in [-0.2, 0) is 10.0 Å². The standard InChI is InChI=1S/C26H30N4O5S/c1-18-15-30(19(2)17-31)26(32)23-13-21(20-9-11-27-12-10-20)14-28-25(23)35-24(18)16-29(3)36(33,34)22-7-5-4-6-8-22/h4-14,18-19,24,31H,15-17H2,1-3H3/t18-,19-,24-/m1/s1. The molecule has 1 aromatic carbocycles. The molecule has 0 saturated heterocycles. The number of aliphatic hydroxyl groups excluding tert-OH is 1. The van der Waals surface area contributed by atoms with Crippen LogP contribution in [-0.4, -0.2) is 77.5 Å². The van der Waals surface area contributed by atoms with Crippen LogP contribution in [0.1, 0.15) is 24.2 Å². The molecular formula is C26H30N4O5S. The molecule has 0 aliphatic carbocycles. The lowest BCUT2D eigenvalue weighted by Gasteiger charge is -2.37. The third kappa shape index (κ3) is 5.25. The molecular weight excluding hydrogens is 480 g/mol. The van der Waals surface area contributed by atoms with Crippen molar-refractivity contribution in [1.82, 2.24) is 19.2 Å². The van der Waals surface area contributed by atoms with Crippen LogP contribution in [0.5, 0.6) is 5.88 Å². The van der Waals surface area contributed by atoms with Crippen molar-refractivity contribution in [2.24, 2.45) is 5.92 Å². The summed E-state index contributed by atoms with van der Waals surface area (Å²) in [5, 5.41) is 9.84. The lowest BCUT2D eigenvalue weighted by molar-refractivity contribution is 0.0373. The van der Waals surface area contributed by atoms with Crippen molar-refractivity contribution in [2.75, 3.05) is 26.7 Å². The van der Waals surface area contributed by atoms with Crippen LogP contribution in [0.15, 0.2) is 72.0 Å². The first kappa shape index (κ1) is 25.7. The van der Waals surface area contributed by atoms with Crippen molar-refractivity contribution < 1.29 is 23.1 Å². The number of benzene rings is 1. The lowest BCUT2D eigenvalue weighted by Crippen LogP contribution is -2.50. The second kappa shape index (κ2) is 10.7. The number of nitrogens with zero attached hydrogens (tertiary/aromatic N) is 4. The molecule has 3 atom stereocenters. The van der Waals surface area contributed by atoms with Crippen LogP contribution in [0.2, 0.25) is 0 Å². The number of aromatic nitrogens is 2. The summed E-state index contributed by atoms with van der Waals surface area (Å²) in [5.41, 5.74) is 1.82. The molecule has 1 N–H and O–H groups in total. The molecule has 2 aromatic heterocycles. The van der Waals surface area contributed by atoms with Gasteiger partial charge in [0.1, 0.15) is 11.7 Å². The average Bonchev–Trinajstić information content (AvgIpc) is 2.90. The van der Waals surface area contributed by atoms with Crippen LogP contribution in [0, 0.1) is 5.92 Å². The number of carbonyl (C=O) groups is 1. The van der Waals surface area contributed by atoms with E-state index in [9.17, 15) is 18.3 Å². The van der Waals surface area contributed by atoms with Gasteiger partial charge in [0.05, 0.1) is 24.1 Å². The molecule has 190 valence electrons. The number of aliphatic hydroxyl groups is 1. The minimum Gasteiger partial charge on any atom is -0.472 e. The molecule has 1 amide bonds. The van der Waals surface area contributed by atoms with Gasteiger partial charge in [-0.1, -0.05) is 25.1 Å². The molecule has 0 radical (unpaired) electrons. The van der Waals surface area contributed by atoms with Crippen molar-refractivity contribution in [3.8, 4) is 17.0 Å². The maximum absolute atomic E-state index is 13.6. The molecule has 10 heteroatoms. The molecule has 0 bridgehead atoms. The van der Waals surface area contributed by atoms with Crippen LogP contribution in [0.25, 0.3) is 11.1 Å². The van der Waals surface area contributed by atoms with Gasteiger partial charge in [-0.25, -0.2) is 13.4 Å². The summed E-state index contributed by atoms with van der Waals surface area (Å²) < 4.78 is 33.8. The van der Waals surface area contributed by atoms with Crippen molar-refractivity contribution in [3.05, 3.63) is 72.7 Å².